The van der Waals surface area contributed by atoms with Crippen LogP contribution >= 0.6 is 0 Å². The summed E-state index contributed by atoms with van der Waals surface area (Å²) < 4.78 is 10.5. The molecule has 20 heavy (non-hydrogen) atoms. The molecule has 112 valence electrons. The van der Waals surface area contributed by atoms with E-state index in [9.17, 15) is 4.79 Å². The van der Waals surface area contributed by atoms with E-state index in [-0.39, 0.29) is 18.6 Å². The van der Waals surface area contributed by atoms with Gasteiger partial charge in [0.2, 0.25) is 0 Å². The highest BCUT2D eigenvalue weighted by Crippen LogP contribution is 2.27. The molecule has 1 N–H and O–H groups in total. The van der Waals surface area contributed by atoms with Gasteiger partial charge in [-0.1, -0.05) is 32.0 Å². The molecule has 0 radical (unpaired) electrons. The van der Waals surface area contributed by atoms with Crippen LogP contribution in [0.4, 0.5) is 0 Å². The molecule has 4 heteroatoms. The van der Waals surface area contributed by atoms with Crippen LogP contribution in [0.25, 0.3) is 0 Å². The van der Waals surface area contributed by atoms with Crippen LogP contribution < -0.4 is 10.1 Å². The molecule has 0 fully saturated rings. The number of carbonyl (C=O) groups is 1. The van der Waals surface area contributed by atoms with E-state index in [1.807, 2.05) is 24.3 Å². The van der Waals surface area contributed by atoms with Gasteiger partial charge in [-0.2, -0.15) is 0 Å². The Labute approximate surface area is 121 Å². The lowest BCUT2D eigenvalue weighted by atomic mass is 10.0. The number of carbonyl (C=O) groups excluding carboxylic acids is 1. The summed E-state index contributed by atoms with van der Waals surface area (Å²) in [6.07, 6.45) is 2.06. The Morgan fingerprint density at radius 3 is 2.65 bits per heavy atom. The maximum atomic E-state index is 11.4. The van der Waals surface area contributed by atoms with Crippen molar-refractivity contribution >= 4 is 5.97 Å². The van der Waals surface area contributed by atoms with E-state index >= 15 is 0 Å². The summed E-state index contributed by atoms with van der Waals surface area (Å²) >= 11 is 0. The van der Waals surface area contributed by atoms with Gasteiger partial charge < -0.3 is 14.8 Å². The quantitative estimate of drug-likeness (QED) is 0.706. The number of esters is 1. The molecule has 1 rings (SSSR count). The first-order valence-corrected chi connectivity index (χ1v) is 7.33. The average molecular weight is 279 g/mol. The minimum Gasteiger partial charge on any atom is -0.482 e. The second kappa shape index (κ2) is 9.37. The van der Waals surface area contributed by atoms with Crippen LogP contribution in [-0.2, 0) is 9.53 Å². The minimum absolute atomic E-state index is 0.0466. The summed E-state index contributed by atoms with van der Waals surface area (Å²) in [5.41, 5.74) is 1.09. The molecule has 0 heterocycles. The molecule has 0 aliphatic heterocycles. The second-order valence-electron chi connectivity index (χ2n) is 4.55. The van der Waals surface area contributed by atoms with Crippen molar-refractivity contribution in [3.8, 4) is 5.75 Å². The fourth-order valence-corrected chi connectivity index (χ4v) is 2.03. The van der Waals surface area contributed by atoms with Crippen LogP contribution in [-0.4, -0.2) is 25.7 Å². The molecule has 0 saturated carbocycles. The van der Waals surface area contributed by atoms with Gasteiger partial charge in [0.15, 0.2) is 6.61 Å². The zero-order valence-electron chi connectivity index (χ0n) is 12.6. The monoisotopic (exact) mass is 279 g/mol. The summed E-state index contributed by atoms with van der Waals surface area (Å²) in [4.78, 5) is 11.4. The number of hydrogen-bond acceptors (Lipinski definition) is 4. The topological polar surface area (TPSA) is 47.6 Å². The summed E-state index contributed by atoms with van der Waals surface area (Å²) in [7, 11) is 0. The highest BCUT2D eigenvalue weighted by molar-refractivity contribution is 5.71. The highest BCUT2D eigenvalue weighted by atomic mass is 16.6. The predicted octanol–water partition coefficient (Wildman–Crippen LogP) is 3.08. The van der Waals surface area contributed by atoms with Gasteiger partial charge in [-0.05, 0) is 32.4 Å². The fourth-order valence-electron chi connectivity index (χ4n) is 2.03. The third-order valence-corrected chi connectivity index (χ3v) is 2.99. The Morgan fingerprint density at radius 2 is 2.00 bits per heavy atom. The maximum Gasteiger partial charge on any atom is 0.344 e. The lowest BCUT2D eigenvalue weighted by Gasteiger charge is -2.20. The van der Waals surface area contributed by atoms with Gasteiger partial charge in [0.05, 0.1) is 6.61 Å². The molecule has 1 aromatic rings. The SMILES string of the molecule is CCCNC(CC)c1ccccc1OCC(=O)OCC. The largest absolute Gasteiger partial charge is 0.482 e. The molecule has 0 aliphatic carbocycles. The van der Waals surface area contributed by atoms with Crippen molar-refractivity contribution in [3.05, 3.63) is 29.8 Å². The molecule has 0 saturated heterocycles. The van der Waals surface area contributed by atoms with Crippen molar-refractivity contribution in [1.82, 2.24) is 5.32 Å². The van der Waals surface area contributed by atoms with Crippen molar-refractivity contribution in [2.24, 2.45) is 0 Å². The van der Waals surface area contributed by atoms with E-state index in [0.717, 1.165) is 30.7 Å². The second-order valence-corrected chi connectivity index (χ2v) is 4.55. The molecule has 1 aromatic carbocycles. The lowest BCUT2D eigenvalue weighted by molar-refractivity contribution is -0.145. The third-order valence-electron chi connectivity index (χ3n) is 2.99. The van der Waals surface area contributed by atoms with Gasteiger partial charge in [-0.25, -0.2) is 4.79 Å². The number of benzene rings is 1. The van der Waals surface area contributed by atoms with Crippen LogP contribution in [0.2, 0.25) is 0 Å². The van der Waals surface area contributed by atoms with E-state index < -0.39 is 0 Å². The Bertz CT molecular complexity index is 406. The summed E-state index contributed by atoms with van der Waals surface area (Å²) in [6, 6.07) is 8.08. The molecule has 4 nitrogen and oxygen atoms in total. The molecule has 0 aromatic heterocycles. The summed E-state index contributed by atoms with van der Waals surface area (Å²) in [6.45, 7) is 7.35. The van der Waals surface area contributed by atoms with Crippen molar-refractivity contribution < 1.29 is 14.3 Å². The van der Waals surface area contributed by atoms with Crippen molar-refractivity contribution in [1.29, 1.82) is 0 Å². The first kappa shape index (κ1) is 16.5. The maximum absolute atomic E-state index is 11.4. The Hall–Kier alpha value is -1.55. The summed E-state index contributed by atoms with van der Waals surface area (Å²) in [5, 5.41) is 3.49. The molecule has 0 spiro atoms. The van der Waals surface area contributed by atoms with Crippen LogP contribution in [0, 0.1) is 0 Å². The van der Waals surface area contributed by atoms with Gasteiger partial charge in [0, 0.05) is 11.6 Å². The Kier molecular flexibility index (Phi) is 7.73. The van der Waals surface area contributed by atoms with Gasteiger partial charge in [-0.3, -0.25) is 0 Å². The first-order valence-electron chi connectivity index (χ1n) is 7.33. The smallest absolute Gasteiger partial charge is 0.344 e. The van der Waals surface area contributed by atoms with E-state index in [2.05, 4.69) is 19.2 Å². The number of hydrogen-bond donors (Lipinski definition) is 1. The van der Waals surface area contributed by atoms with Crippen molar-refractivity contribution in [2.45, 2.75) is 39.7 Å². The number of para-hydroxylation sites is 1. The number of rotatable bonds is 9. The number of ether oxygens (including phenoxy) is 2. The average Bonchev–Trinajstić information content (AvgIpc) is 2.47. The molecule has 1 unspecified atom stereocenters. The standard InChI is InChI=1S/C16H25NO3/c1-4-11-17-14(5-2)13-9-7-8-10-15(13)20-12-16(18)19-6-3/h7-10,14,17H,4-6,11-12H2,1-3H3. The number of nitrogens with one attached hydrogen (secondary N) is 1. The zero-order valence-corrected chi connectivity index (χ0v) is 12.6. The van der Waals surface area contributed by atoms with E-state index in [4.69, 9.17) is 9.47 Å². The van der Waals surface area contributed by atoms with Gasteiger partial charge in [0.1, 0.15) is 5.75 Å². The van der Waals surface area contributed by atoms with Crippen LogP contribution in [0.5, 0.6) is 5.75 Å². The van der Waals surface area contributed by atoms with Gasteiger partial charge >= 0.3 is 5.97 Å². The molecular weight excluding hydrogens is 254 g/mol. The van der Waals surface area contributed by atoms with E-state index in [1.165, 1.54) is 0 Å². The predicted molar refractivity (Wildman–Crippen MR) is 79.9 cm³/mol. The zero-order chi connectivity index (χ0) is 14.8. The van der Waals surface area contributed by atoms with Crippen LogP contribution in [0.15, 0.2) is 24.3 Å². The molecule has 0 bridgehead atoms. The van der Waals surface area contributed by atoms with Gasteiger partial charge in [0.25, 0.3) is 0 Å². The first-order chi connectivity index (χ1) is 9.72. The normalized spacial score (nSPS) is 11.9. The molecular formula is C16H25NO3. The van der Waals surface area contributed by atoms with E-state index in [1.54, 1.807) is 6.92 Å². The minimum atomic E-state index is -0.336. The molecule has 1 atom stereocenters. The summed E-state index contributed by atoms with van der Waals surface area (Å²) in [5.74, 6) is 0.410. The van der Waals surface area contributed by atoms with E-state index in [0.29, 0.717) is 6.61 Å². The molecule has 0 amide bonds. The van der Waals surface area contributed by atoms with Crippen molar-refractivity contribution in [2.75, 3.05) is 19.8 Å². The molecule has 0 aliphatic rings. The lowest BCUT2D eigenvalue weighted by Crippen LogP contribution is -2.23. The fraction of sp³-hybridized carbons (Fsp3) is 0.562. The Balaban J connectivity index is 2.73. The van der Waals surface area contributed by atoms with Crippen LogP contribution in [0.3, 0.4) is 0 Å². The Morgan fingerprint density at radius 1 is 1.25 bits per heavy atom. The third kappa shape index (κ3) is 5.21. The van der Waals surface area contributed by atoms with Crippen molar-refractivity contribution in [3.63, 3.8) is 0 Å². The van der Waals surface area contributed by atoms with Crippen LogP contribution in [0.1, 0.15) is 45.2 Å². The highest BCUT2D eigenvalue weighted by Gasteiger charge is 2.14. The van der Waals surface area contributed by atoms with Gasteiger partial charge in [-0.15, -0.1) is 0 Å².